The van der Waals surface area contributed by atoms with E-state index in [-0.39, 0.29) is 17.6 Å². The molecule has 2 aliphatic carbocycles. The summed E-state index contributed by atoms with van der Waals surface area (Å²) in [5.41, 5.74) is 0.934. The van der Waals surface area contributed by atoms with Crippen LogP contribution in [0, 0.1) is 23.6 Å². The van der Waals surface area contributed by atoms with Crippen LogP contribution in [0.15, 0.2) is 36.4 Å². The third-order valence-electron chi connectivity index (χ3n) is 4.00. The first-order chi connectivity index (χ1) is 8.72. The van der Waals surface area contributed by atoms with Gasteiger partial charge in [-0.25, -0.2) is 4.39 Å². The van der Waals surface area contributed by atoms with Gasteiger partial charge in [0.15, 0.2) is 0 Å². The molecule has 1 saturated carbocycles. The van der Waals surface area contributed by atoms with Crippen molar-refractivity contribution in [1.82, 2.24) is 5.32 Å². The number of carbonyl (C=O) groups excluding carboxylic acids is 1. The van der Waals surface area contributed by atoms with Crippen LogP contribution in [0.4, 0.5) is 4.39 Å². The largest absolute Gasteiger partial charge is 0.352 e. The summed E-state index contributed by atoms with van der Waals surface area (Å²) in [6.07, 6.45) is 6.52. The molecule has 2 aliphatic rings. The Balaban J connectivity index is 1.56. The van der Waals surface area contributed by atoms with Gasteiger partial charge in [0.25, 0.3) is 0 Å². The number of allylic oxidation sites excluding steroid dienone is 2. The number of amides is 1. The fraction of sp³-hybridized carbons (Fsp3) is 0.400. The number of hydrogen-bond donors (Lipinski definition) is 1. The number of hydrogen-bond acceptors (Lipinski definition) is 1. The maximum absolute atomic E-state index is 12.7. The first-order valence-corrected chi connectivity index (χ1v) is 6.43. The van der Waals surface area contributed by atoms with Crippen LogP contribution in [0.1, 0.15) is 18.4 Å². The van der Waals surface area contributed by atoms with E-state index in [2.05, 4.69) is 17.5 Å². The van der Waals surface area contributed by atoms with Gasteiger partial charge in [-0.05, 0) is 42.4 Å². The van der Waals surface area contributed by atoms with Crippen LogP contribution < -0.4 is 5.32 Å². The van der Waals surface area contributed by atoms with E-state index in [4.69, 9.17) is 0 Å². The zero-order valence-corrected chi connectivity index (χ0v) is 10.1. The third-order valence-corrected chi connectivity index (χ3v) is 4.00. The highest BCUT2D eigenvalue weighted by Crippen LogP contribution is 2.43. The van der Waals surface area contributed by atoms with Crippen molar-refractivity contribution in [1.29, 1.82) is 0 Å². The van der Waals surface area contributed by atoms with Crippen molar-refractivity contribution in [3.05, 3.63) is 47.8 Å². The molecule has 1 amide bonds. The molecule has 1 aromatic rings. The van der Waals surface area contributed by atoms with Gasteiger partial charge in [0, 0.05) is 12.5 Å². The Labute approximate surface area is 106 Å². The van der Waals surface area contributed by atoms with Crippen LogP contribution in [0.25, 0.3) is 0 Å². The number of fused-ring (bicyclic) bond motifs is 2. The maximum atomic E-state index is 12.7. The Hall–Kier alpha value is -1.64. The van der Waals surface area contributed by atoms with Gasteiger partial charge >= 0.3 is 0 Å². The second-order valence-electron chi connectivity index (χ2n) is 5.23. The lowest BCUT2D eigenvalue weighted by molar-refractivity contribution is -0.125. The summed E-state index contributed by atoms with van der Waals surface area (Å²) in [7, 11) is 0. The molecule has 18 heavy (non-hydrogen) atoms. The number of halogens is 1. The van der Waals surface area contributed by atoms with Crippen molar-refractivity contribution in [2.45, 2.75) is 19.4 Å². The van der Waals surface area contributed by atoms with E-state index >= 15 is 0 Å². The molecule has 0 heterocycles. The number of carbonyl (C=O) groups is 1. The van der Waals surface area contributed by atoms with Crippen molar-refractivity contribution in [2.24, 2.45) is 17.8 Å². The lowest BCUT2D eigenvalue weighted by atomic mass is 9.93. The monoisotopic (exact) mass is 245 g/mol. The Bertz CT molecular complexity index is 480. The Morgan fingerprint density at radius 2 is 2.00 bits per heavy atom. The van der Waals surface area contributed by atoms with Gasteiger partial charge in [-0.15, -0.1) is 0 Å². The van der Waals surface area contributed by atoms with E-state index in [1.165, 1.54) is 12.1 Å². The zero-order chi connectivity index (χ0) is 12.5. The molecule has 2 bridgehead atoms. The van der Waals surface area contributed by atoms with E-state index in [1.54, 1.807) is 12.1 Å². The van der Waals surface area contributed by atoms with Crippen molar-refractivity contribution in [3.63, 3.8) is 0 Å². The first kappa shape index (κ1) is 11.5. The molecule has 3 rings (SSSR count). The highest BCUT2D eigenvalue weighted by Gasteiger charge is 2.39. The average molecular weight is 245 g/mol. The highest BCUT2D eigenvalue weighted by atomic mass is 19.1. The minimum absolute atomic E-state index is 0.135. The van der Waals surface area contributed by atoms with Gasteiger partial charge in [-0.3, -0.25) is 4.79 Å². The molecule has 1 N–H and O–H groups in total. The molecule has 0 saturated heterocycles. The first-order valence-electron chi connectivity index (χ1n) is 6.43. The Morgan fingerprint density at radius 3 is 2.61 bits per heavy atom. The van der Waals surface area contributed by atoms with E-state index < -0.39 is 0 Å². The zero-order valence-electron chi connectivity index (χ0n) is 10.1. The molecule has 2 nitrogen and oxygen atoms in total. The van der Waals surface area contributed by atoms with E-state index in [1.807, 2.05) is 0 Å². The van der Waals surface area contributed by atoms with Gasteiger partial charge in [0.2, 0.25) is 5.91 Å². The standard InChI is InChI=1S/C15H16FNO/c16-13-5-2-10(3-6-13)9-17-15(18)14-8-11-1-4-12(14)7-11/h1-6,11-12,14H,7-9H2,(H,17,18). The van der Waals surface area contributed by atoms with E-state index in [0.29, 0.717) is 18.4 Å². The third kappa shape index (κ3) is 2.17. The number of nitrogens with one attached hydrogen (secondary N) is 1. The number of rotatable bonds is 3. The van der Waals surface area contributed by atoms with Crippen molar-refractivity contribution >= 4 is 5.91 Å². The van der Waals surface area contributed by atoms with Gasteiger partial charge in [-0.2, -0.15) is 0 Å². The molecule has 3 unspecified atom stereocenters. The van der Waals surface area contributed by atoms with Crippen molar-refractivity contribution in [3.8, 4) is 0 Å². The lowest BCUT2D eigenvalue weighted by Gasteiger charge is -2.17. The van der Waals surface area contributed by atoms with E-state index in [9.17, 15) is 9.18 Å². The Morgan fingerprint density at radius 1 is 1.22 bits per heavy atom. The van der Waals surface area contributed by atoms with E-state index in [0.717, 1.165) is 18.4 Å². The minimum atomic E-state index is -0.247. The fourth-order valence-corrected chi connectivity index (χ4v) is 3.00. The second kappa shape index (κ2) is 4.56. The molecule has 0 spiro atoms. The predicted octanol–water partition coefficient (Wildman–Crippen LogP) is 2.65. The molecule has 0 radical (unpaired) electrons. The SMILES string of the molecule is O=C(NCc1ccc(F)cc1)C1CC2C=CC1C2. The fourth-order valence-electron chi connectivity index (χ4n) is 3.00. The minimum Gasteiger partial charge on any atom is -0.352 e. The molecule has 1 aromatic carbocycles. The lowest BCUT2D eigenvalue weighted by Crippen LogP contribution is -2.32. The van der Waals surface area contributed by atoms with Crippen LogP contribution >= 0.6 is 0 Å². The molecule has 94 valence electrons. The summed E-state index contributed by atoms with van der Waals surface area (Å²) < 4.78 is 12.7. The van der Waals surface area contributed by atoms with Gasteiger partial charge in [0.05, 0.1) is 0 Å². The average Bonchev–Trinajstić information content (AvgIpc) is 3.00. The predicted molar refractivity (Wildman–Crippen MR) is 67.1 cm³/mol. The quantitative estimate of drug-likeness (QED) is 0.815. The second-order valence-corrected chi connectivity index (χ2v) is 5.23. The summed E-state index contributed by atoms with van der Waals surface area (Å²) >= 11 is 0. The summed E-state index contributed by atoms with van der Waals surface area (Å²) in [6.45, 7) is 0.483. The maximum Gasteiger partial charge on any atom is 0.223 e. The van der Waals surface area contributed by atoms with Crippen molar-refractivity contribution in [2.75, 3.05) is 0 Å². The molecule has 3 atom stereocenters. The van der Waals surface area contributed by atoms with Gasteiger partial charge < -0.3 is 5.32 Å². The topological polar surface area (TPSA) is 29.1 Å². The molecule has 0 aliphatic heterocycles. The van der Waals surface area contributed by atoms with Crippen LogP contribution in [0.3, 0.4) is 0 Å². The molecular formula is C15H16FNO. The van der Waals surface area contributed by atoms with Crippen LogP contribution in [-0.2, 0) is 11.3 Å². The molecule has 1 fully saturated rings. The summed E-state index contributed by atoms with van der Waals surface area (Å²) in [6, 6.07) is 6.25. The smallest absolute Gasteiger partial charge is 0.223 e. The van der Waals surface area contributed by atoms with Crippen LogP contribution in [0.2, 0.25) is 0 Å². The van der Waals surface area contributed by atoms with Crippen LogP contribution in [0.5, 0.6) is 0 Å². The Kier molecular flexibility index (Phi) is 2.90. The highest BCUT2D eigenvalue weighted by molar-refractivity contribution is 5.79. The normalized spacial score (nSPS) is 28.6. The number of benzene rings is 1. The molecule has 3 heteroatoms. The summed E-state index contributed by atoms with van der Waals surface area (Å²) in [5, 5.41) is 2.95. The molecular weight excluding hydrogens is 229 g/mol. The van der Waals surface area contributed by atoms with Gasteiger partial charge in [0.1, 0.15) is 5.82 Å². The summed E-state index contributed by atoms with van der Waals surface area (Å²) in [4.78, 5) is 12.1. The van der Waals surface area contributed by atoms with Gasteiger partial charge in [-0.1, -0.05) is 24.3 Å². The molecule has 0 aromatic heterocycles. The summed E-state index contributed by atoms with van der Waals surface area (Å²) in [5.74, 6) is 1.07. The van der Waals surface area contributed by atoms with Crippen molar-refractivity contribution < 1.29 is 9.18 Å². The van der Waals surface area contributed by atoms with Crippen LogP contribution in [-0.4, -0.2) is 5.91 Å².